The largest absolute Gasteiger partial charge is 0.573 e. The van der Waals surface area contributed by atoms with Crippen molar-refractivity contribution in [3.8, 4) is 5.75 Å². The maximum Gasteiger partial charge on any atom is 0.573 e. The van der Waals surface area contributed by atoms with Crippen LogP contribution in [0.3, 0.4) is 0 Å². The van der Waals surface area contributed by atoms with Crippen molar-refractivity contribution in [2.24, 2.45) is 0 Å². The van der Waals surface area contributed by atoms with Gasteiger partial charge in [0.05, 0.1) is 0 Å². The maximum absolute atomic E-state index is 12.3. The first-order chi connectivity index (χ1) is 10.5. The minimum absolute atomic E-state index is 0. The van der Waals surface area contributed by atoms with E-state index in [0.29, 0.717) is 0 Å². The summed E-state index contributed by atoms with van der Waals surface area (Å²) in [7, 11) is -0.240. The standard InChI is InChI=1S/C17H22F3OP.ClH/c18-17(19,20)21-13-9-11-16(12-10-13)22(14-5-1-2-6-14)15-7-3-4-8-15;/h9-12,14-15H,1-8H2;1H. The molecule has 23 heavy (non-hydrogen) atoms. The van der Waals surface area contributed by atoms with Crippen molar-refractivity contribution in [1.82, 2.24) is 0 Å². The van der Waals surface area contributed by atoms with Crippen LogP contribution in [0.15, 0.2) is 24.3 Å². The van der Waals surface area contributed by atoms with Gasteiger partial charge in [0.2, 0.25) is 0 Å². The lowest BCUT2D eigenvalue weighted by atomic mass is 10.3. The van der Waals surface area contributed by atoms with Crippen LogP contribution in [0, 0.1) is 0 Å². The second-order valence-electron chi connectivity index (χ2n) is 6.33. The number of ether oxygens (including phenoxy) is 1. The van der Waals surface area contributed by atoms with Gasteiger partial charge in [-0.2, -0.15) is 0 Å². The minimum Gasteiger partial charge on any atom is -0.406 e. The first kappa shape index (κ1) is 18.9. The van der Waals surface area contributed by atoms with Gasteiger partial charge in [0, 0.05) is 0 Å². The highest BCUT2D eigenvalue weighted by atomic mass is 35.5. The molecule has 2 fully saturated rings. The summed E-state index contributed by atoms with van der Waals surface area (Å²) in [5.41, 5.74) is 1.54. The van der Waals surface area contributed by atoms with Gasteiger partial charge in [-0.05, 0) is 54.4 Å². The SMILES string of the molecule is Cl.FC(F)(F)Oc1ccc(P(C2CCCC2)C2CCCC2)cc1. The van der Waals surface area contributed by atoms with E-state index in [1.54, 1.807) is 0 Å². The summed E-state index contributed by atoms with van der Waals surface area (Å²) < 4.78 is 40.8. The average molecular weight is 367 g/mol. The van der Waals surface area contributed by atoms with Gasteiger partial charge in [-0.3, -0.25) is 0 Å². The van der Waals surface area contributed by atoms with Gasteiger partial charge in [0.25, 0.3) is 0 Å². The molecule has 0 aliphatic heterocycles. The molecule has 0 radical (unpaired) electrons. The molecule has 130 valence electrons. The average Bonchev–Trinajstić information content (AvgIpc) is 3.13. The molecule has 0 amide bonds. The molecule has 2 aliphatic carbocycles. The Kier molecular flexibility index (Phi) is 6.62. The number of halogens is 4. The third-order valence-electron chi connectivity index (χ3n) is 4.80. The van der Waals surface area contributed by atoms with E-state index in [-0.39, 0.29) is 26.1 Å². The molecule has 6 heteroatoms. The summed E-state index contributed by atoms with van der Waals surface area (Å²) in [5, 5.41) is 1.27. The van der Waals surface area contributed by atoms with Gasteiger partial charge in [0.1, 0.15) is 5.75 Å². The molecule has 1 nitrogen and oxygen atoms in total. The summed E-state index contributed by atoms with van der Waals surface area (Å²) in [6.45, 7) is 0. The zero-order valence-corrected chi connectivity index (χ0v) is 14.7. The molecule has 2 saturated carbocycles. The van der Waals surface area contributed by atoms with Crippen molar-refractivity contribution in [1.29, 1.82) is 0 Å². The number of hydrogen-bond donors (Lipinski definition) is 0. The van der Waals surface area contributed by atoms with Gasteiger partial charge in [0.15, 0.2) is 0 Å². The summed E-state index contributed by atoms with van der Waals surface area (Å²) in [4.78, 5) is 0. The quantitative estimate of drug-likeness (QED) is 0.594. The molecule has 1 aromatic carbocycles. The van der Waals surface area contributed by atoms with Crippen LogP contribution in [0.5, 0.6) is 5.75 Å². The fraction of sp³-hybridized carbons (Fsp3) is 0.647. The van der Waals surface area contributed by atoms with Crippen molar-refractivity contribution >= 4 is 25.6 Å². The Bertz CT molecular complexity index is 464. The van der Waals surface area contributed by atoms with Crippen LogP contribution in [0.2, 0.25) is 0 Å². The third kappa shape index (κ3) is 5.00. The molecule has 0 spiro atoms. The van der Waals surface area contributed by atoms with E-state index in [9.17, 15) is 13.2 Å². The van der Waals surface area contributed by atoms with Crippen LogP contribution in [0.1, 0.15) is 51.4 Å². The summed E-state index contributed by atoms with van der Waals surface area (Å²) in [5.74, 6) is -0.107. The number of benzene rings is 1. The fourth-order valence-corrected chi connectivity index (χ4v) is 7.68. The topological polar surface area (TPSA) is 9.23 Å². The number of alkyl halides is 3. The molecule has 0 heterocycles. The molecular weight excluding hydrogens is 344 g/mol. The highest BCUT2D eigenvalue weighted by molar-refractivity contribution is 7.67. The molecule has 0 bridgehead atoms. The van der Waals surface area contributed by atoms with E-state index >= 15 is 0 Å². The predicted molar refractivity (Wildman–Crippen MR) is 91.4 cm³/mol. The smallest absolute Gasteiger partial charge is 0.406 e. The van der Waals surface area contributed by atoms with Crippen molar-refractivity contribution in [3.05, 3.63) is 24.3 Å². The van der Waals surface area contributed by atoms with Gasteiger partial charge < -0.3 is 4.74 Å². The predicted octanol–water partition coefficient (Wildman–Crippen LogP) is 6.00. The van der Waals surface area contributed by atoms with Crippen LogP contribution >= 0.6 is 20.3 Å². The Hall–Kier alpha value is -0.470. The van der Waals surface area contributed by atoms with Gasteiger partial charge in [-0.25, -0.2) is 0 Å². The highest BCUT2D eigenvalue weighted by Gasteiger charge is 2.34. The summed E-state index contributed by atoms with van der Waals surface area (Å²) in [6.07, 6.45) is 5.81. The van der Waals surface area contributed by atoms with E-state index in [4.69, 9.17) is 0 Å². The van der Waals surface area contributed by atoms with Crippen molar-refractivity contribution in [3.63, 3.8) is 0 Å². The Morgan fingerprint density at radius 2 is 1.26 bits per heavy atom. The third-order valence-corrected chi connectivity index (χ3v) is 8.31. The van der Waals surface area contributed by atoms with E-state index < -0.39 is 6.36 Å². The Morgan fingerprint density at radius 3 is 1.65 bits per heavy atom. The molecule has 0 saturated heterocycles. The maximum atomic E-state index is 12.3. The van der Waals surface area contributed by atoms with Crippen LogP contribution in [0.25, 0.3) is 0 Å². The van der Waals surface area contributed by atoms with Crippen LogP contribution < -0.4 is 10.0 Å². The van der Waals surface area contributed by atoms with Gasteiger partial charge >= 0.3 is 6.36 Å². The second kappa shape index (κ2) is 8.07. The Labute approximate surface area is 143 Å². The first-order valence-corrected chi connectivity index (χ1v) is 9.65. The molecule has 0 unspecified atom stereocenters. The Morgan fingerprint density at radius 1 is 0.826 bits per heavy atom. The molecule has 0 atom stereocenters. The lowest BCUT2D eigenvalue weighted by Crippen LogP contribution is -2.20. The monoisotopic (exact) mass is 366 g/mol. The van der Waals surface area contributed by atoms with Crippen molar-refractivity contribution in [2.75, 3.05) is 0 Å². The summed E-state index contributed by atoms with van der Waals surface area (Å²) in [6, 6.07) is 6.73. The van der Waals surface area contributed by atoms with Crippen LogP contribution in [-0.2, 0) is 0 Å². The van der Waals surface area contributed by atoms with E-state index in [0.717, 1.165) is 11.3 Å². The fourth-order valence-electron chi connectivity index (χ4n) is 3.90. The zero-order valence-electron chi connectivity index (χ0n) is 13.0. The van der Waals surface area contributed by atoms with Gasteiger partial charge in [-0.15, -0.1) is 25.6 Å². The van der Waals surface area contributed by atoms with Gasteiger partial charge in [-0.1, -0.05) is 45.7 Å². The minimum atomic E-state index is -4.61. The van der Waals surface area contributed by atoms with E-state index in [1.807, 2.05) is 12.1 Å². The van der Waals surface area contributed by atoms with Crippen LogP contribution in [0.4, 0.5) is 13.2 Å². The molecular formula is C17H23ClF3OP. The van der Waals surface area contributed by atoms with Crippen molar-refractivity contribution < 1.29 is 17.9 Å². The zero-order chi connectivity index (χ0) is 15.6. The molecule has 0 N–H and O–H groups in total. The Balaban J connectivity index is 0.00000192. The second-order valence-corrected chi connectivity index (χ2v) is 9.12. The highest BCUT2D eigenvalue weighted by Crippen LogP contribution is 2.56. The van der Waals surface area contributed by atoms with E-state index in [1.165, 1.54) is 68.8 Å². The molecule has 2 aliphatic rings. The molecule has 1 aromatic rings. The summed E-state index contributed by atoms with van der Waals surface area (Å²) >= 11 is 0. The van der Waals surface area contributed by atoms with Crippen molar-refractivity contribution in [2.45, 2.75) is 69.0 Å². The van der Waals surface area contributed by atoms with Crippen LogP contribution in [-0.4, -0.2) is 17.7 Å². The number of hydrogen-bond acceptors (Lipinski definition) is 1. The lowest BCUT2D eigenvalue weighted by molar-refractivity contribution is -0.274. The number of rotatable bonds is 4. The lowest BCUT2D eigenvalue weighted by Gasteiger charge is -2.30. The molecule has 0 aromatic heterocycles. The molecule has 3 rings (SSSR count). The first-order valence-electron chi connectivity index (χ1n) is 8.17. The van der Waals surface area contributed by atoms with E-state index in [2.05, 4.69) is 4.74 Å². The normalized spacial score (nSPS) is 20.0.